The number of rotatable bonds is 18. The summed E-state index contributed by atoms with van der Waals surface area (Å²) in [6.45, 7) is 9.67. The van der Waals surface area contributed by atoms with Gasteiger partial charge in [0.25, 0.3) is 0 Å². The zero-order valence-corrected chi connectivity index (χ0v) is 28.8. The van der Waals surface area contributed by atoms with Crippen LogP contribution in [0.25, 0.3) is 0 Å². The van der Waals surface area contributed by atoms with E-state index in [1.807, 2.05) is 51.1 Å². The van der Waals surface area contributed by atoms with Crippen LogP contribution < -0.4 is 16.4 Å². The molecule has 0 saturated carbocycles. The van der Waals surface area contributed by atoms with Crippen molar-refractivity contribution in [2.24, 2.45) is 17.3 Å². The van der Waals surface area contributed by atoms with Crippen LogP contribution in [0.4, 0.5) is 5.69 Å². The van der Waals surface area contributed by atoms with Crippen molar-refractivity contribution in [2.45, 2.75) is 84.3 Å². The lowest BCUT2D eigenvalue weighted by atomic mass is 9.93. The number of benzene rings is 2. The molecule has 2 aromatic rings. The van der Waals surface area contributed by atoms with E-state index in [0.717, 1.165) is 11.1 Å². The molecule has 1 fully saturated rings. The van der Waals surface area contributed by atoms with Gasteiger partial charge in [0, 0.05) is 18.9 Å². The molecule has 0 spiro atoms. The number of halogens is 1. The fourth-order valence-corrected chi connectivity index (χ4v) is 5.49. The largest absolute Gasteiger partial charge is 0.459 e. The molecule has 1 aliphatic heterocycles. The van der Waals surface area contributed by atoms with Crippen LogP contribution in [0.3, 0.4) is 0 Å². The SMILES string of the molecule is CNCC(C)(C)C(=O)OC(CC(C)C)C(=O)OC(CC=CC(=O)NC(C=O)Cc1ccc(N)c(Cl)c1)C(C)C1OC1c1ccccc1. The van der Waals surface area contributed by atoms with Crippen molar-refractivity contribution in [2.75, 3.05) is 19.3 Å². The molecule has 256 valence electrons. The van der Waals surface area contributed by atoms with Crippen LogP contribution in [-0.4, -0.2) is 62.1 Å². The monoisotopic (exact) mass is 669 g/mol. The van der Waals surface area contributed by atoms with Crippen LogP contribution >= 0.6 is 11.6 Å². The topological polar surface area (TPSA) is 149 Å². The number of hydrogen-bond acceptors (Lipinski definition) is 9. The molecule has 0 radical (unpaired) electrons. The van der Waals surface area contributed by atoms with Gasteiger partial charge in [-0.1, -0.05) is 74.8 Å². The molecule has 0 aromatic heterocycles. The van der Waals surface area contributed by atoms with Gasteiger partial charge in [-0.25, -0.2) is 4.79 Å². The van der Waals surface area contributed by atoms with Gasteiger partial charge in [0.15, 0.2) is 6.10 Å². The first-order valence-electron chi connectivity index (χ1n) is 16.0. The van der Waals surface area contributed by atoms with Crippen molar-refractivity contribution in [1.82, 2.24) is 10.6 Å². The molecule has 1 saturated heterocycles. The molecule has 1 aliphatic rings. The third-order valence-electron chi connectivity index (χ3n) is 8.04. The number of anilines is 1. The first kappa shape index (κ1) is 37.7. The number of hydrogen-bond donors (Lipinski definition) is 3. The third kappa shape index (κ3) is 11.5. The lowest BCUT2D eigenvalue weighted by Gasteiger charge is -2.28. The molecule has 11 heteroatoms. The predicted molar refractivity (Wildman–Crippen MR) is 181 cm³/mol. The lowest BCUT2D eigenvalue weighted by molar-refractivity contribution is -0.179. The van der Waals surface area contributed by atoms with Gasteiger partial charge in [-0.05, 0) is 69.0 Å². The molecular formula is C36H48ClN3O7. The Morgan fingerprint density at radius 3 is 2.40 bits per heavy atom. The van der Waals surface area contributed by atoms with E-state index >= 15 is 0 Å². The Morgan fingerprint density at radius 2 is 1.79 bits per heavy atom. The number of amides is 1. The Bertz CT molecular complexity index is 1400. The highest BCUT2D eigenvalue weighted by atomic mass is 35.5. The lowest BCUT2D eigenvalue weighted by Crippen LogP contribution is -2.42. The fourth-order valence-electron chi connectivity index (χ4n) is 5.29. The number of nitrogens with one attached hydrogen (secondary N) is 2. The Morgan fingerprint density at radius 1 is 1.09 bits per heavy atom. The number of ether oxygens (including phenoxy) is 3. The molecule has 0 aliphatic carbocycles. The molecule has 1 heterocycles. The first-order chi connectivity index (χ1) is 22.2. The smallest absolute Gasteiger partial charge is 0.347 e. The molecule has 0 bridgehead atoms. The van der Waals surface area contributed by atoms with Gasteiger partial charge in [0.05, 0.1) is 28.3 Å². The fraction of sp³-hybridized carbons (Fsp3) is 0.500. The molecule has 1 amide bonds. The quantitative estimate of drug-likeness (QED) is 0.0656. The summed E-state index contributed by atoms with van der Waals surface area (Å²) in [6.07, 6.45) is 2.13. The Kier molecular flexibility index (Phi) is 14.0. The standard InChI is InChI=1S/C36H48ClN3O7/c1-22(2)17-30(46-35(44)36(4,5)21-39-6)34(43)45-29(23(3)32-33(47-32)25-11-8-7-9-12-25)13-10-14-31(42)40-26(20-41)18-24-15-16-28(38)27(37)19-24/h7-12,14-16,19-20,22-23,26,29-30,32-33,39H,13,17-18,21,38H2,1-6H3,(H,40,42). The molecule has 3 rings (SSSR count). The third-order valence-corrected chi connectivity index (χ3v) is 8.37. The van der Waals surface area contributed by atoms with Crippen LogP contribution in [0.5, 0.6) is 0 Å². The number of esters is 2. The van der Waals surface area contributed by atoms with E-state index in [1.54, 1.807) is 45.2 Å². The maximum Gasteiger partial charge on any atom is 0.347 e. The maximum absolute atomic E-state index is 13.6. The number of nitrogens with two attached hydrogens (primary N) is 1. The van der Waals surface area contributed by atoms with Crippen LogP contribution in [0.1, 0.15) is 64.7 Å². The van der Waals surface area contributed by atoms with Gasteiger partial charge in [0.1, 0.15) is 18.5 Å². The van der Waals surface area contributed by atoms with Crippen molar-refractivity contribution < 1.29 is 33.4 Å². The summed E-state index contributed by atoms with van der Waals surface area (Å²) in [4.78, 5) is 51.1. The predicted octanol–water partition coefficient (Wildman–Crippen LogP) is 4.99. The number of aldehydes is 1. The van der Waals surface area contributed by atoms with Crippen LogP contribution in [0.15, 0.2) is 60.7 Å². The zero-order chi connectivity index (χ0) is 34.7. The molecule has 6 unspecified atom stereocenters. The highest BCUT2D eigenvalue weighted by Gasteiger charge is 2.47. The average molecular weight is 670 g/mol. The second kappa shape index (κ2) is 17.4. The molecule has 6 atom stereocenters. The minimum atomic E-state index is -1.10. The summed E-state index contributed by atoms with van der Waals surface area (Å²) in [5.41, 5.74) is 7.10. The highest BCUT2D eigenvalue weighted by Crippen LogP contribution is 2.45. The van der Waals surface area contributed by atoms with Gasteiger partial charge in [-0.3, -0.25) is 9.59 Å². The van der Waals surface area contributed by atoms with Gasteiger partial charge in [-0.2, -0.15) is 0 Å². The summed E-state index contributed by atoms with van der Waals surface area (Å²) in [5.74, 6) is -1.84. The summed E-state index contributed by atoms with van der Waals surface area (Å²) < 4.78 is 17.8. The van der Waals surface area contributed by atoms with E-state index in [4.69, 9.17) is 31.5 Å². The Hall–Kier alpha value is -3.73. The van der Waals surface area contributed by atoms with E-state index in [0.29, 0.717) is 30.0 Å². The van der Waals surface area contributed by atoms with Crippen LogP contribution in [0.2, 0.25) is 5.02 Å². The van der Waals surface area contributed by atoms with Crippen molar-refractivity contribution in [3.63, 3.8) is 0 Å². The van der Waals surface area contributed by atoms with Crippen molar-refractivity contribution in [1.29, 1.82) is 0 Å². The number of carbonyl (C=O) groups is 4. The van der Waals surface area contributed by atoms with Crippen LogP contribution in [0, 0.1) is 17.3 Å². The Labute approximate surface area is 282 Å². The molecule has 10 nitrogen and oxygen atoms in total. The second-order valence-electron chi connectivity index (χ2n) is 13.2. The van der Waals surface area contributed by atoms with Gasteiger partial charge >= 0.3 is 11.9 Å². The van der Waals surface area contributed by atoms with E-state index in [1.165, 1.54) is 6.08 Å². The molecule has 4 N–H and O–H groups in total. The number of epoxide rings is 1. The maximum atomic E-state index is 13.6. The van der Waals surface area contributed by atoms with Gasteiger partial charge < -0.3 is 35.4 Å². The van der Waals surface area contributed by atoms with E-state index < -0.39 is 41.5 Å². The van der Waals surface area contributed by atoms with Crippen LogP contribution in [-0.2, 0) is 39.8 Å². The van der Waals surface area contributed by atoms with E-state index in [9.17, 15) is 19.2 Å². The molecular weight excluding hydrogens is 622 g/mol. The highest BCUT2D eigenvalue weighted by molar-refractivity contribution is 6.33. The number of carbonyl (C=O) groups excluding carboxylic acids is 4. The average Bonchev–Trinajstić information content (AvgIpc) is 3.82. The zero-order valence-electron chi connectivity index (χ0n) is 28.0. The van der Waals surface area contributed by atoms with Crippen molar-refractivity contribution in [3.8, 4) is 0 Å². The first-order valence-corrected chi connectivity index (χ1v) is 16.4. The normalized spacial score (nSPS) is 18.6. The van der Waals surface area contributed by atoms with E-state index in [2.05, 4.69) is 10.6 Å². The number of nitrogen functional groups attached to an aromatic ring is 1. The van der Waals surface area contributed by atoms with Gasteiger partial charge in [-0.15, -0.1) is 0 Å². The van der Waals surface area contributed by atoms with Gasteiger partial charge in [0.2, 0.25) is 5.91 Å². The summed E-state index contributed by atoms with van der Waals surface area (Å²) in [5, 5.41) is 6.03. The summed E-state index contributed by atoms with van der Waals surface area (Å²) in [6, 6.07) is 14.0. The second-order valence-corrected chi connectivity index (χ2v) is 13.6. The van der Waals surface area contributed by atoms with Crippen molar-refractivity contribution in [3.05, 3.63) is 76.8 Å². The molecule has 2 aromatic carbocycles. The summed E-state index contributed by atoms with van der Waals surface area (Å²) >= 11 is 6.09. The summed E-state index contributed by atoms with van der Waals surface area (Å²) in [7, 11) is 1.74. The van der Waals surface area contributed by atoms with E-state index in [-0.39, 0.29) is 36.9 Å². The Balaban J connectivity index is 1.73. The van der Waals surface area contributed by atoms with Crippen molar-refractivity contribution >= 4 is 41.4 Å². The molecule has 47 heavy (non-hydrogen) atoms. The minimum absolute atomic E-state index is 0.0523. The minimum Gasteiger partial charge on any atom is -0.459 e.